The second kappa shape index (κ2) is 16.3. The van der Waals surface area contributed by atoms with Crippen molar-refractivity contribution in [3.63, 3.8) is 0 Å². The van der Waals surface area contributed by atoms with Gasteiger partial charge in [0.25, 0.3) is 0 Å². The fourth-order valence-electron chi connectivity index (χ4n) is 13.3. The predicted octanol–water partition coefficient (Wildman–Crippen LogP) is 4.37. The molecule has 62 heavy (non-hydrogen) atoms. The third kappa shape index (κ3) is 7.39. The molecule has 4 saturated carbocycles. The van der Waals surface area contributed by atoms with E-state index in [1.165, 1.54) is 12.1 Å². The molecule has 0 radical (unpaired) electrons. The Balaban J connectivity index is 1.01. The average molecular weight is 876 g/mol. The third-order valence-corrected chi connectivity index (χ3v) is 15.9. The molecular weight excluding hydrogens is 810 g/mol. The molecule has 1 unspecified atom stereocenters. The van der Waals surface area contributed by atoms with Gasteiger partial charge in [0.15, 0.2) is 17.9 Å². The maximum Gasteiger partial charge on any atom is 0.187 e. The zero-order chi connectivity index (χ0) is 44.0. The zero-order valence-corrected chi connectivity index (χ0v) is 37.2. The van der Waals surface area contributed by atoms with Gasteiger partial charge in [0.05, 0.1) is 60.4 Å². The molecule has 17 heteroatoms. The summed E-state index contributed by atoms with van der Waals surface area (Å²) in [6, 6.07) is 6.19. The topological polar surface area (TPSA) is 184 Å². The number of methoxy groups -OCH3 is 2. The van der Waals surface area contributed by atoms with Gasteiger partial charge in [-0.1, -0.05) is 24.3 Å². The van der Waals surface area contributed by atoms with Crippen LogP contribution in [0.1, 0.15) is 104 Å². The normalized spacial score (nSPS) is 44.7. The Morgan fingerprint density at radius 1 is 0.919 bits per heavy atom. The lowest BCUT2D eigenvalue weighted by molar-refractivity contribution is -0.410. The monoisotopic (exact) mass is 875 g/mol. The van der Waals surface area contributed by atoms with E-state index in [4.69, 9.17) is 47.4 Å². The van der Waals surface area contributed by atoms with Crippen LogP contribution in [0.4, 0.5) is 4.39 Å². The Labute approximate surface area is 362 Å². The minimum absolute atomic E-state index is 0.00128. The Bertz CT molecular complexity index is 1910. The van der Waals surface area contributed by atoms with Crippen LogP contribution in [0.25, 0.3) is 0 Å². The number of fused-ring (bicyclic) bond motifs is 4. The molecule has 2 aromatic rings. The van der Waals surface area contributed by atoms with E-state index in [-0.39, 0.29) is 44.3 Å². The van der Waals surface area contributed by atoms with Crippen molar-refractivity contribution < 1.29 is 67.1 Å². The Morgan fingerprint density at radius 3 is 2.39 bits per heavy atom. The smallest absolute Gasteiger partial charge is 0.187 e. The van der Waals surface area contributed by atoms with Crippen molar-refractivity contribution in [2.75, 3.05) is 34.4 Å². The minimum Gasteiger partial charge on any atom is -0.389 e. The first-order chi connectivity index (χ1) is 29.4. The summed E-state index contributed by atoms with van der Waals surface area (Å²) < 4.78 is 78.3. The number of halogens is 1. The second-order valence-corrected chi connectivity index (χ2v) is 20.3. The van der Waals surface area contributed by atoms with Crippen LogP contribution < -0.4 is 0 Å². The van der Waals surface area contributed by atoms with E-state index in [0.717, 1.165) is 5.56 Å². The molecule has 3 aliphatic heterocycles. The Morgan fingerprint density at radius 2 is 1.65 bits per heavy atom. The SMILES string of the molecule is COCO[C@@H]1[C@H]2OC(C)(C)O[C@H]2[C@H](O[C@H]2C[C@H]3OC(C)(C)OC[C@]34[C@@H]3[C@@H](CC[C@]4(O)C2)[C@@]2(O)CC[C@H](C(O)c4cn(Cc5ccc(F)cc5)nn4)[C@@]2(C)C[C@H]3OCOC)O[C@H]1C. The maximum atomic E-state index is 13.6. The van der Waals surface area contributed by atoms with Crippen LogP contribution in [0.5, 0.6) is 0 Å². The van der Waals surface area contributed by atoms with Crippen LogP contribution in [0, 0.1) is 34.4 Å². The van der Waals surface area contributed by atoms with Gasteiger partial charge < -0.3 is 62.7 Å². The number of ether oxygens (including phenoxy) is 10. The number of hydrogen-bond donors (Lipinski definition) is 3. The van der Waals surface area contributed by atoms with Crippen molar-refractivity contribution in [1.29, 1.82) is 0 Å². The molecule has 3 N–H and O–H groups in total. The molecule has 346 valence electrons. The zero-order valence-electron chi connectivity index (χ0n) is 37.2. The number of aliphatic hydroxyl groups excluding tert-OH is 1. The van der Waals surface area contributed by atoms with Crippen LogP contribution >= 0.6 is 0 Å². The molecule has 0 amide bonds. The highest BCUT2D eigenvalue weighted by Gasteiger charge is 2.77. The molecule has 7 aliphatic rings. The van der Waals surface area contributed by atoms with Crippen LogP contribution in [0.2, 0.25) is 0 Å². The molecule has 4 heterocycles. The minimum atomic E-state index is -1.35. The summed E-state index contributed by atoms with van der Waals surface area (Å²) in [7, 11) is 3.15. The standard InChI is InChI=1S/C45H66FN3O13/c1-25-36(56-24-54-8)37-38(62-41(4,5)61-37)39(58-25)59-28-17-33-44(22-57-40(2,3)60-33)34-29(13-15-43(44,51)18-28)45(52)16-14-30(42(45,6)19-32(34)55-23-53-7)35(50)31-21-49(48-47-31)20-26-9-11-27(46)12-10-26/h9-12,21,25,28-30,32-39,50-52H,13-20,22-24H2,1-8H3/t25-,28-,29+,30+,32+,33+,34+,35?,36-,37+,38+,39-,42+,43-,44+,45-/m0/s1. The first kappa shape index (κ1) is 44.9. The van der Waals surface area contributed by atoms with Gasteiger partial charge in [0, 0.05) is 38.4 Å². The lowest BCUT2D eigenvalue weighted by atomic mass is 9.40. The van der Waals surface area contributed by atoms with E-state index >= 15 is 0 Å². The van der Waals surface area contributed by atoms with Crippen LogP contribution in [-0.2, 0) is 53.9 Å². The van der Waals surface area contributed by atoms with Crippen molar-refractivity contribution >= 4 is 0 Å². The van der Waals surface area contributed by atoms with Gasteiger partial charge in [-0.2, -0.15) is 0 Å². The average Bonchev–Trinajstić information content (AvgIpc) is 3.89. The summed E-state index contributed by atoms with van der Waals surface area (Å²) in [5.74, 6) is -3.34. The van der Waals surface area contributed by atoms with Gasteiger partial charge in [-0.15, -0.1) is 5.10 Å². The highest BCUT2D eigenvalue weighted by atomic mass is 19.1. The predicted molar refractivity (Wildman–Crippen MR) is 215 cm³/mol. The van der Waals surface area contributed by atoms with E-state index in [2.05, 4.69) is 17.2 Å². The molecule has 4 aliphatic carbocycles. The Kier molecular flexibility index (Phi) is 11.8. The van der Waals surface area contributed by atoms with Gasteiger partial charge in [-0.05, 0) is 96.3 Å². The molecular formula is C45H66FN3O13. The first-order valence-electron chi connectivity index (χ1n) is 22.3. The fourth-order valence-corrected chi connectivity index (χ4v) is 13.3. The van der Waals surface area contributed by atoms with E-state index in [9.17, 15) is 19.7 Å². The van der Waals surface area contributed by atoms with E-state index in [1.54, 1.807) is 37.2 Å². The molecule has 1 aromatic heterocycles. The molecule has 1 spiro atoms. The quantitative estimate of drug-likeness (QED) is 0.202. The molecule has 16 nitrogen and oxygen atoms in total. The highest BCUT2D eigenvalue weighted by Crippen LogP contribution is 2.72. The number of nitrogens with zero attached hydrogens (tertiary/aromatic N) is 3. The fraction of sp³-hybridized carbons (Fsp3) is 0.822. The summed E-state index contributed by atoms with van der Waals surface area (Å²) in [6.45, 7) is 12.1. The molecule has 9 rings (SSSR count). The van der Waals surface area contributed by atoms with Crippen molar-refractivity contribution in [1.82, 2.24) is 15.0 Å². The molecule has 0 bridgehead atoms. The molecule has 3 saturated heterocycles. The Hall–Kier alpha value is -2.23. The van der Waals surface area contributed by atoms with Crippen LogP contribution in [-0.4, -0.2) is 137 Å². The number of hydrogen-bond acceptors (Lipinski definition) is 15. The van der Waals surface area contributed by atoms with Crippen molar-refractivity contribution in [2.45, 2.75) is 171 Å². The van der Waals surface area contributed by atoms with Crippen molar-refractivity contribution in [2.24, 2.45) is 28.6 Å². The van der Waals surface area contributed by atoms with E-state index in [0.29, 0.717) is 50.8 Å². The van der Waals surface area contributed by atoms with Gasteiger partial charge in [0.2, 0.25) is 0 Å². The number of benzene rings is 1. The van der Waals surface area contributed by atoms with Crippen LogP contribution in [0.15, 0.2) is 30.5 Å². The summed E-state index contributed by atoms with van der Waals surface area (Å²) in [5.41, 5.74) is -3.16. The highest BCUT2D eigenvalue weighted by molar-refractivity contribution is 5.26. The number of aromatic nitrogens is 3. The third-order valence-electron chi connectivity index (χ3n) is 15.9. The van der Waals surface area contributed by atoms with Gasteiger partial charge in [0.1, 0.15) is 49.5 Å². The lowest BCUT2D eigenvalue weighted by Gasteiger charge is -2.71. The summed E-state index contributed by atoms with van der Waals surface area (Å²) >= 11 is 0. The van der Waals surface area contributed by atoms with Crippen molar-refractivity contribution in [3.05, 3.63) is 47.5 Å². The van der Waals surface area contributed by atoms with Gasteiger partial charge >= 0.3 is 0 Å². The number of rotatable bonds is 12. The molecule has 16 atom stereocenters. The summed E-state index contributed by atoms with van der Waals surface area (Å²) in [4.78, 5) is 0. The van der Waals surface area contributed by atoms with Crippen molar-refractivity contribution in [3.8, 4) is 0 Å². The van der Waals surface area contributed by atoms with Gasteiger partial charge in [-0.3, -0.25) is 0 Å². The molecule has 7 fully saturated rings. The van der Waals surface area contributed by atoms with Gasteiger partial charge in [-0.25, -0.2) is 9.07 Å². The van der Waals surface area contributed by atoms with Crippen LogP contribution in [0.3, 0.4) is 0 Å². The number of aliphatic hydroxyl groups is 3. The summed E-state index contributed by atoms with van der Waals surface area (Å²) in [6.07, 6.45) is -0.742. The second-order valence-electron chi connectivity index (χ2n) is 20.3. The molecule has 1 aromatic carbocycles. The maximum absolute atomic E-state index is 13.6. The van der Waals surface area contributed by atoms with E-state index in [1.807, 2.05) is 34.6 Å². The van der Waals surface area contributed by atoms with E-state index < -0.39 is 94.6 Å². The largest absolute Gasteiger partial charge is 0.389 e. The first-order valence-corrected chi connectivity index (χ1v) is 22.3. The lowest BCUT2D eigenvalue weighted by Crippen LogP contribution is -2.78. The summed E-state index contributed by atoms with van der Waals surface area (Å²) in [5, 5.41) is 47.5.